The number of carboxylic acid groups (broad SMARTS) is 1. The minimum Gasteiger partial charge on any atom is -0.480 e. The van der Waals surface area contributed by atoms with E-state index in [-0.39, 0.29) is 30.6 Å². The average molecular weight is 505 g/mol. The SMILES string of the molecule is CCC(C)C(N)C(=O)NC(CC(C)C)C(=O)NC(Cc1ccccc1)C(=O)NC(CC(C)C)C(=O)O. The Balaban J connectivity index is 3.13. The third-order valence-electron chi connectivity index (χ3n) is 6.14. The molecule has 0 aromatic heterocycles. The van der Waals surface area contributed by atoms with Gasteiger partial charge in [0.25, 0.3) is 0 Å². The van der Waals surface area contributed by atoms with E-state index in [0.717, 1.165) is 12.0 Å². The molecule has 0 bridgehead atoms. The summed E-state index contributed by atoms with van der Waals surface area (Å²) in [7, 11) is 0. The fourth-order valence-corrected chi connectivity index (χ4v) is 3.78. The summed E-state index contributed by atoms with van der Waals surface area (Å²) in [4.78, 5) is 50.9. The number of aliphatic carboxylic acids is 1. The van der Waals surface area contributed by atoms with Gasteiger partial charge in [-0.3, -0.25) is 14.4 Å². The molecule has 0 spiro atoms. The van der Waals surface area contributed by atoms with Crippen molar-refractivity contribution in [2.75, 3.05) is 0 Å². The number of carbonyl (C=O) groups excluding carboxylic acids is 3. The normalized spacial score (nSPS) is 15.5. The molecule has 9 nitrogen and oxygen atoms in total. The average Bonchev–Trinajstić information content (AvgIpc) is 2.81. The highest BCUT2D eigenvalue weighted by Crippen LogP contribution is 2.11. The number of carbonyl (C=O) groups is 4. The van der Waals surface area contributed by atoms with E-state index in [9.17, 15) is 24.3 Å². The van der Waals surface area contributed by atoms with Gasteiger partial charge in [-0.25, -0.2) is 4.79 Å². The van der Waals surface area contributed by atoms with Crippen LogP contribution in [0.5, 0.6) is 0 Å². The first kappa shape index (κ1) is 31.1. The van der Waals surface area contributed by atoms with Gasteiger partial charge in [0.05, 0.1) is 6.04 Å². The van der Waals surface area contributed by atoms with E-state index in [4.69, 9.17) is 5.73 Å². The van der Waals surface area contributed by atoms with Crippen LogP contribution in [0.2, 0.25) is 0 Å². The largest absolute Gasteiger partial charge is 0.480 e. The Kier molecular flexibility index (Phi) is 13.2. The van der Waals surface area contributed by atoms with Crippen LogP contribution < -0.4 is 21.7 Å². The fraction of sp³-hybridized carbons (Fsp3) is 0.630. The Hall–Kier alpha value is -2.94. The lowest BCUT2D eigenvalue weighted by atomic mass is 9.97. The van der Waals surface area contributed by atoms with Crippen molar-refractivity contribution in [3.63, 3.8) is 0 Å². The molecule has 36 heavy (non-hydrogen) atoms. The zero-order chi connectivity index (χ0) is 27.4. The highest BCUT2D eigenvalue weighted by atomic mass is 16.4. The number of hydrogen-bond acceptors (Lipinski definition) is 5. The van der Waals surface area contributed by atoms with Crippen molar-refractivity contribution in [3.8, 4) is 0 Å². The van der Waals surface area contributed by atoms with Gasteiger partial charge in [0, 0.05) is 6.42 Å². The molecule has 0 fully saturated rings. The van der Waals surface area contributed by atoms with E-state index >= 15 is 0 Å². The van der Waals surface area contributed by atoms with E-state index in [1.54, 1.807) is 0 Å². The maximum Gasteiger partial charge on any atom is 0.326 e. The van der Waals surface area contributed by atoms with Crippen LogP contribution in [0.1, 0.15) is 66.4 Å². The monoisotopic (exact) mass is 504 g/mol. The predicted molar refractivity (Wildman–Crippen MR) is 140 cm³/mol. The van der Waals surface area contributed by atoms with E-state index in [1.165, 1.54) is 0 Å². The summed E-state index contributed by atoms with van der Waals surface area (Å²) in [6.07, 6.45) is 1.50. The van der Waals surface area contributed by atoms with Crippen molar-refractivity contribution in [3.05, 3.63) is 35.9 Å². The van der Waals surface area contributed by atoms with Crippen LogP contribution in [0.3, 0.4) is 0 Å². The predicted octanol–water partition coefficient (Wildman–Crippen LogP) is 2.23. The molecular weight excluding hydrogens is 460 g/mol. The third-order valence-corrected chi connectivity index (χ3v) is 6.14. The molecule has 1 aromatic rings. The molecule has 0 heterocycles. The fourth-order valence-electron chi connectivity index (χ4n) is 3.78. The van der Waals surface area contributed by atoms with Crippen LogP contribution in [0.15, 0.2) is 30.3 Å². The van der Waals surface area contributed by atoms with E-state index in [0.29, 0.717) is 6.42 Å². The highest BCUT2D eigenvalue weighted by Gasteiger charge is 2.31. The Labute approximate surface area is 215 Å². The maximum atomic E-state index is 13.3. The summed E-state index contributed by atoms with van der Waals surface area (Å²) >= 11 is 0. The van der Waals surface area contributed by atoms with Crippen LogP contribution in [-0.4, -0.2) is 53.0 Å². The molecule has 0 saturated heterocycles. The van der Waals surface area contributed by atoms with Gasteiger partial charge in [-0.1, -0.05) is 78.3 Å². The molecule has 0 radical (unpaired) electrons. The minimum atomic E-state index is -1.13. The first-order valence-corrected chi connectivity index (χ1v) is 12.8. The van der Waals surface area contributed by atoms with Gasteiger partial charge >= 0.3 is 5.97 Å². The summed E-state index contributed by atoms with van der Waals surface area (Å²) in [5, 5.41) is 17.7. The third kappa shape index (κ3) is 10.8. The summed E-state index contributed by atoms with van der Waals surface area (Å²) < 4.78 is 0. The van der Waals surface area contributed by atoms with Crippen molar-refractivity contribution in [2.45, 2.75) is 91.4 Å². The molecule has 0 aliphatic rings. The minimum absolute atomic E-state index is 0.0499. The molecule has 1 rings (SSSR count). The standard InChI is InChI=1S/C27H44N4O5/c1-7-18(6)23(28)26(34)30-20(13-16(2)3)24(32)29-21(15-19-11-9-8-10-12-19)25(33)31-22(27(35)36)14-17(4)5/h8-12,16-18,20-23H,7,13-15,28H2,1-6H3,(H,29,32)(H,30,34)(H,31,33)(H,35,36). The molecule has 202 valence electrons. The lowest BCUT2D eigenvalue weighted by Gasteiger charge is -2.27. The zero-order valence-electron chi connectivity index (χ0n) is 22.4. The van der Waals surface area contributed by atoms with Gasteiger partial charge in [0.1, 0.15) is 18.1 Å². The highest BCUT2D eigenvalue weighted by molar-refractivity contribution is 5.94. The molecule has 0 aliphatic carbocycles. The molecule has 1 aromatic carbocycles. The molecule has 6 N–H and O–H groups in total. The molecule has 3 amide bonds. The second-order valence-electron chi connectivity index (χ2n) is 10.4. The molecule has 0 saturated carbocycles. The first-order valence-electron chi connectivity index (χ1n) is 12.8. The number of nitrogens with one attached hydrogen (secondary N) is 3. The summed E-state index contributed by atoms with van der Waals surface area (Å²) in [6, 6.07) is 5.40. The van der Waals surface area contributed by atoms with Gasteiger partial charge in [0.15, 0.2) is 0 Å². The Morgan fingerprint density at radius 1 is 0.778 bits per heavy atom. The van der Waals surface area contributed by atoms with Crippen molar-refractivity contribution in [2.24, 2.45) is 23.5 Å². The smallest absolute Gasteiger partial charge is 0.326 e. The van der Waals surface area contributed by atoms with Gasteiger partial charge in [-0.2, -0.15) is 0 Å². The summed E-state index contributed by atoms with van der Waals surface area (Å²) in [6.45, 7) is 11.4. The molecule has 9 heteroatoms. The molecular formula is C27H44N4O5. The second kappa shape index (κ2) is 15.2. The Bertz CT molecular complexity index is 859. The number of nitrogens with two attached hydrogens (primary N) is 1. The molecule has 0 aliphatic heterocycles. The zero-order valence-corrected chi connectivity index (χ0v) is 22.4. The quantitative estimate of drug-likeness (QED) is 0.247. The van der Waals surface area contributed by atoms with Crippen LogP contribution in [-0.2, 0) is 25.6 Å². The maximum absolute atomic E-state index is 13.3. The Morgan fingerprint density at radius 2 is 1.25 bits per heavy atom. The van der Waals surface area contributed by atoms with Crippen molar-refractivity contribution >= 4 is 23.7 Å². The van der Waals surface area contributed by atoms with Gasteiger partial charge in [0.2, 0.25) is 17.7 Å². The summed E-state index contributed by atoms with van der Waals surface area (Å²) in [5.41, 5.74) is 6.86. The van der Waals surface area contributed by atoms with E-state index < -0.39 is 47.9 Å². The van der Waals surface area contributed by atoms with Crippen LogP contribution in [0, 0.1) is 17.8 Å². The lowest BCUT2D eigenvalue weighted by Crippen LogP contribution is -2.58. The topological polar surface area (TPSA) is 151 Å². The van der Waals surface area contributed by atoms with E-state index in [1.807, 2.05) is 71.9 Å². The molecule has 5 atom stereocenters. The number of hydrogen-bond donors (Lipinski definition) is 5. The first-order chi connectivity index (χ1) is 16.8. The van der Waals surface area contributed by atoms with Crippen molar-refractivity contribution in [1.29, 1.82) is 0 Å². The number of amides is 3. The number of rotatable bonds is 15. The van der Waals surface area contributed by atoms with Crippen LogP contribution in [0.25, 0.3) is 0 Å². The van der Waals surface area contributed by atoms with Gasteiger partial charge in [-0.05, 0) is 36.2 Å². The summed E-state index contributed by atoms with van der Waals surface area (Å²) in [5.74, 6) is -2.58. The van der Waals surface area contributed by atoms with Crippen LogP contribution in [0.4, 0.5) is 0 Å². The van der Waals surface area contributed by atoms with Crippen molar-refractivity contribution < 1.29 is 24.3 Å². The number of benzene rings is 1. The number of carboxylic acids is 1. The van der Waals surface area contributed by atoms with Crippen molar-refractivity contribution in [1.82, 2.24) is 16.0 Å². The second-order valence-corrected chi connectivity index (χ2v) is 10.4. The van der Waals surface area contributed by atoms with Crippen LogP contribution >= 0.6 is 0 Å². The lowest BCUT2D eigenvalue weighted by molar-refractivity contribution is -0.142. The Morgan fingerprint density at radius 3 is 1.75 bits per heavy atom. The van der Waals surface area contributed by atoms with E-state index in [2.05, 4.69) is 16.0 Å². The van der Waals surface area contributed by atoms with Gasteiger partial charge in [-0.15, -0.1) is 0 Å². The molecule has 5 unspecified atom stereocenters. The van der Waals surface area contributed by atoms with Gasteiger partial charge < -0.3 is 26.8 Å².